The Kier molecular flexibility index (Phi) is 6.61. The third-order valence-electron chi connectivity index (χ3n) is 4.60. The Morgan fingerprint density at radius 3 is 2.53 bits per heavy atom. The van der Waals surface area contributed by atoms with Crippen molar-refractivity contribution in [1.29, 1.82) is 0 Å². The second-order valence-electron chi connectivity index (χ2n) is 6.92. The molecule has 0 saturated carbocycles. The molecule has 160 valence electrons. The van der Waals surface area contributed by atoms with E-state index in [1.807, 2.05) is 11.8 Å². The van der Waals surface area contributed by atoms with E-state index in [9.17, 15) is 18.0 Å². The van der Waals surface area contributed by atoms with Crippen LogP contribution in [0.1, 0.15) is 40.0 Å². The molecule has 0 fully saturated rings. The molecule has 1 aromatic carbocycles. The van der Waals surface area contributed by atoms with Crippen molar-refractivity contribution < 1.29 is 26.8 Å². The number of nitrogens with zero attached hydrogens (tertiary/aromatic N) is 3. The highest BCUT2D eigenvalue weighted by atomic mass is 19.4. The van der Waals surface area contributed by atoms with E-state index in [2.05, 4.69) is 4.98 Å². The van der Waals surface area contributed by atoms with Crippen LogP contribution in [0.5, 0.6) is 0 Å². The van der Waals surface area contributed by atoms with Crippen molar-refractivity contribution in [2.75, 3.05) is 13.6 Å². The molecule has 1 amide bonds. The highest BCUT2D eigenvalue weighted by Gasteiger charge is 2.30. The molecule has 0 unspecified atom stereocenters. The van der Waals surface area contributed by atoms with Crippen LogP contribution in [0.3, 0.4) is 0 Å². The number of carbonyl (C=O) groups excluding carboxylic acids is 1. The van der Waals surface area contributed by atoms with Crippen molar-refractivity contribution in [3.63, 3.8) is 0 Å². The van der Waals surface area contributed by atoms with Gasteiger partial charge in [-0.1, -0.05) is 18.2 Å². The minimum Gasteiger partial charge on any atom is -0.472 e. The molecule has 0 radical (unpaired) electrons. The van der Waals surface area contributed by atoms with Gasteiger partial charge in [0.1, 0.15) is 6.26 Å². The number of benzene rings is 1. The van der Waals surface area contributed by atoms with E-state index in [4.69, 9.17) is 8.83 Å². The van der Waals surface area contributed by atoms with Crippen LogP contribution in [0.25, 0.3) is 0 Å². The summed E-state index contributed by atoms with van der Waals surface area (Å²) in [5, 5.41) is 0. The van der Waals surface area contributed by atoms with Gasteiger partial charge in [-0.3, -0.25) is 9.69 Å². The summed E-state index contributed by atoms with van der Waals surface area (Å²) in [6, 6.07) is 6.97. The molecular formula is C21H22F3N3O3. The molecule has 2 aromatic heterocycles. The third kappa shape index (κ3) is 5.50. The van der Waals surface area contributed by atoms with Crippen LogP contribution in [-0.2, 0) is 25.8 Å². The molecule has 0 bridgehead atoms. The summed E-state index contributed by atoms with van der Waals surface area (Å²) < 4.78 is 49.7. The first-order valence-electron chi connectivity index (χ1n) is 9.35. The van der Waals surface area contributed by atoms with Gasteiger partial charge < -0.3 is 13.7 Å². The van der Waals surface area contributed by atoms with Crippen molar-refractivity contribution in [1.82, 2.24) is 14.8 Å². The number of furan rings is 1. The van der Waals surface area contributed by atoms with E-state index in [-0.39, 0.29) is 24.7 Å². The molecule has 0 aliphatic carbocycles. The van der Waals surface area contributed by atoms with Crippen LogP contribution < -0.4 is 0 Å². The van der Waals surface area contributed by atoms with Crippen LogP contribution in [-0.4, -0.2) is 34.3 Å². The Hall–Kier alpha value is -3.07. The van der Waals surface area contributed by atoms with Gasteiger partial charge in [0, 0.05) is 32.2 Å². The summed E-state index contributed by atoms with van der Waals surface area (Å²) in [6.07, 6.45) is -0.0151. The number of carbonyl (C=O) groups is 1. The largest absolute Gasteiger partial charge is 0.472 e. The number of hydrogen-bond acceptors (Lipinski definition) is 5. The molecule has 0 aliphatic heterocycles. The summed E-state index contributed by atoms with van der Waals surface area (Å²) in [6.45, 7) is 3.23. The molecule has 0 N–H and O–H groups in total. The molecule has 3 rings (SSSR count). The Morgan fingerprint density at radius 1 is 1.10 bits per heavy atom. The number of amides is 1. The zero-order chi connectivity index (χ0) is 21.7. The Balaban J connectivity index is 1.78. The van der Waals surface area contributed by atoms with E-state index < -0.39 is 11.7 Å². The van der Waals surface area contributed by atoms with Gasteiger partial charge >= 0.3 is 6.18 Å². The first-order chi connectivity index (χ1) is 14.3. The number of rotatable bonds is 8. The molecule has 0 spiro atoms. The fourth-order valence-corrected chi connectivity index (χ4v) is 2.92. The highest BCUT2D eigenvalue weighted by Crippen LogP contribution is 2.30. The normalized spacial score (nSPS) is 11.8. The van der Waals surface area contributed by atoms with E-state index in [1.54, 1.807) is 25.4 Å². The van der Waals surface area contributed by atoms with E-state index >= 15 is 0 Å². The van der Waals surface area contributed by atoms with Gasteiger partial charge in [-0.05, 0) is 24.6 Å². The fraction of sp³-hybridized carbons (Fsp3) is 0.333. The summed E-state index contributed by atoms with van der Waals surface area (Å²) in [4.78, 5) is 19.8. The SMILES string of the molecule is CCN(C)C(=O)c1coc(CN(Cc2ccoc2)Cc2cccc(C(F)(F)F)c2)n1. The monoisotopic (exact) mass is 421 g/mol. The number of oxazole rings is 1. The zero-order valence-corrected chi connectivity index (χ0v) is 16.6. The molecule has 2 heterocycles. The molecule has 6 nitrogen and oxygen atoms in total. The van der Waals surface area contributed by atoms with Gasteiger partial charge in [0.25, 0.3) is 5.91 Å². The van der Waals surface area contributed by atoms with Gasteiger partial charge in [0.05, 0.1) is 24.6 Å². The molecule has 9 heteroatoms. The second-order valence-corrected chi connectivity index (χ2v) is 6.92. The minimum atomic E-state index is -4.41. The number of alkyl halides is 3. The Bertz CT molecular complexity index is 967. The predicted octanol–water partition coefficient (Wildman–Crippen LogP) is 4.58. The van der Waals surface area contributed by atoms with Crippen LogP contribution >= 0.6 is 0 Å². The predicted molar refractivity (Wildman–Crippen MR) is 102 cm³/mol. The van der Waals surface area contributed by atoms with Crippen LogP contribution in [0.2, 0.25) is 0 Å². The number of halogens is 3. The number of aromatic nitrogens is 1. The molecular weight excluding hydrogens is 399 g/mol. The third-order valence-corrected chi connectivity index (χ3v) is 4.60. The van der Waals surface area contributed by atoms with E-state index in [0.717, 1.165) is 17.7 Å². The van der Waals surface area contributed by atoms with Crippen molar-refractivity contribution in [3.8, 4) is 0 Å². The maximum atomic E-state index is 13.0. The lowest BCUT2D eigenvalue weighted by Crippen LogP contribution is -2.26. The fourth-order valence-electron chi connectivity index (χ4n) is 2.92. The standard InChI is InChI=1S/C21H22F3N3O3/c1-3-26(2)20(28)18-14-30-19(25-18)12-27(11-16-7-8-29-13-16)10-15-5-4-6-17(9-15)21(22,23)24/h4-9,13-14H,3,10-12H2,1-2H3. The van der Waals surface area contributed by atoms with Crippen molar-refractivity contribution in [3.05, 3.63) is 77.4 Å². The van der Waals surface area contributed by atoms with Gasteiger partial charge in [-0.2, -0.15) is 13.2 Å². The van der Waals surface area contributed by atoms with Crippen molar-refractivity contribution >= 4 is 5.91 Å². The summed E-state index contributed by atoms with van der Waals surface area (Å²) >= 11 is 0. The molecule has 0 saturated heterocycles. The summed E-state index contributed by atoms with van der Waals surface area (Å²) in [5.74, 6) is 0.0464. The quantitative estimate of drug-likeness (QED) is 0.533. The minimum absolute atomic E-state index is 0.191. The smallest absolute Gasteiger partial charge is 0.416 e. The lowest BCUT2D eigenvalue weighted by atomic mass is 10.1. The van der Waals surface area contributed by atoms with E-state index in [0.29, 0.717) is 24.5 Å². The maximum absolute atomic E-state index is 13.0. The number of hydrogen-bond donors (Lipinski definition) is 0. The van der Waals surface area contributed by atoms with Gasteiger partial charge in [-0.15, -0.1) is 0 Å². The first-order valence-corrected chi connectivity index (χ1v) is 9.35. The van der Waals surface area contributed by atoms with Crippen LogP contribution in [0.15, 0.2) is 58.0 Å². The molecule has 0 aliphatic rings. The van der Waals surface area contributed by atoms with Crippen molar-refractivity contribution in [2.24, 2.45) is 0 Å². The summed E-state index contributed by atoms with van der Waals surface area (Å²) in [5.41, 5.74) is 0.851. The topological polar surface area (TPSA) is 62.7 Å². The molecule has 30 heavy (non-hydrogen) atoms. The highest BCUT2D eigenvalue weighted by molar-refractivity contribution is 5.91. The van der Waals surface area contributed by atoms with Crippen LogP contribution in [0.4, 0.5) is 13.2 Å². The van der Waals surface area contributed by atoms with Gasteiger partial charge in [0.2, 0.25) is 5.89 Å². The van der Waals surface area contributed by atoms with Crippen LogP contribution in [0, 0.1) is 0 Å². The maximum Gasteiger partial charge on any atom is 0.416 e. The lowest BCUT2D eigenvalue weighted by molar-refractivity contribution is -0.137. The Labute approximate surface area is 171 Å². The van der Waals surface area contributed by atoms with Gasteiger partial charge in [0.15, 0.2) is 5.69 Å². The molecule has 3 aromatic rings. The average molecular weight is 421 g/mol. The zero-order valence-electron chi connectivity index (χ0n) is 16.6. The van der Waals surface area contributed by atoms with Crippen molar-refractivity contribution in [2.45, 2.75) is 32.7 Å². The second kappa shape index (κ2) is 9.17. The lowest BCUT2D eigenvalue weighted by Gasteiger charge is -2.21. The van der Waals surface area contributed by atoms with E-state index in [1.165, 1.54) is 23.5 Å². The first kappa shape index (κ1) is 21.6. The summed E-state index contributed by atoms with van der Waals surface area (Å²) in [7, 11) is 1.66. The molecule has 0 atom stereocenters. The Morgan fingerprint density at radius 2 is 1.87 bits per heavy atom. The average Bonchev–Trinajstić information content (AvgIpc) is 3.38. The van der Waals surface area contributed by atoms with Gasteiger partial charge in [-0.25, -0.2) is 4.98 Å².